The Morgan fingerprint density at radius 1 is 1.46 bits per heavy atom. The van der Waals surface area contributed by atoms with Gasteiger partial charge in [0.1, 0.15) is 18.3 Å². The quantitative estimate of drug-likeness (QED) is 0.309. The Balaban J connectivity index is 1.90. The van der Waals surface area contributed by atoms with Gasteiger partial charge >= 0.3 is 6.72 Å². The van der Waals surface area contributed by atoms with E-state index in [4.69, 9.17) is 20.3 Å². The van der Waals surface area contributed by atoms with E-state index in [9.17, 15) is 15.0 Å². The number of hydrogen-bond donors (Lipinski definition) is 6. The second-order valence-corrected chi connectivity index (χ2v) is 7.77. The molecule has 3 rings (SSSR count). The van der Waals surface area contributed by atoms with Crippen molar-refractivity contribution in [2.75, 3.05) is 12.3 Å². The Morgan fingerprint density at radius 2 is 2.17 bits per heavy atom. The summed E-state index contributed by atoms with van der Waals surface area (Å²) in [7, 11) is 0. The number of hydrogen-bond acceptors (Lipinski definition) is 9. The smallest absolute Gasteiger partial charge is 0.321 e. The van der Waals surface area contributed by atoms with Crippen LogP contribution in [-0.4, -0.2) is 64.4 Å². The van der Waals surface area contributed by atoms with E-state index in [1.165, 1.54) is 10.9 Å². The fraction of sp³-hybridized carbons (Fsp3) is 0.500. The number of ether oxygens (including phenoxy) is 1. The Labute approximate surface area is 138 Å². The number of aliphatic hydroxyl groups is 2. The van der Waals surface area contributed by atoms with Gasteiger partial charge in [-0.15, -0.1) is 0 Å². The summed E-state index contributed by atoms with van der Waals surface area (Å²) in [6.45, 7) is -4.37. The molecule has 0 amide bonds. The van der Waals surface area contributed by atoms with Crippen molar-refractivity contribution in [3.05, 3.63) is 16.7 Å². The minimum atomic E-state index is -3.93. The molecule has 2 aromatic heterocycles. The number of rotatable bonds is 4. The van der Waals surface area contributed by atoms with Crippen molar-refractivity contribution < 1.29 is 29.3 Å². The molecule has 3 heterocycles. The summed E-state index contributed by atoms with van der Waals surface area (Å²) >= 11 is 4.31. The maximum atomic E-state index is 11.8. The van der Waals surface area contributed by atoms with Gasteiger partial charge in [0.15, 0.2) is 17.4 Å². The Kier molecular flexibility index (Phi) is 4.44. The van der Waals surface area contributed by atoms with Crippen LogP contribution in [0.5, 0.6) is 0 Å². The van der Waals surface area contributed by atoms with Crippen LogP contribution in [0.15, 0.2) is 11.1 Å². The van der Waals surface area contributed by atoms with E-state index in [0.717, 1.165) is 0 Å². The molecule has 4 atom stereocenters. The summed E-state index contributed by atoms with van der Waals surface area (Å²) in [6, 6.07) is 0. The van der Waals surface area contributed by atoms with Crippen LogP contribution >= 0.6 is 6.72 Å². The summed E-state index contributed by atoms with van der Waals surface area (Å²) in [6.07, 6.45) is -3.81. The van der Waals surface area contributed by atoms with E-state index in [1.807, 2.05) is 0 Å². The molecule has 1 saturated heterocycles. The molecular weight excluding hydrogens is 365 g/mol. The van der Waals surface area contributed by atoms with E-state index in [1.54, 1.807) is 0 Å². The molecule has 0 aliphatic carbocycles. The molecule has 0 spiro atoms. The second kappa shape index (κ2) is 6.13. The number of nitrogens with two attached hydrogens (primary N) is 1. The maximum absolute atomic E-state index is 11.8. The third-order valence-corrected chi connectivity index (χ3v) is 4.27. The SMILES string of the molecule is Nc1nc2c(ncn2[C@@H]2O[C@H](COP(O)(O)=S)[C@H](O)[C@@H]2O)c(=O)[nH]1. The number of nitrogens with one attached hydrogen (secondary N) is 1. The van der Waals surface area contributed by atoms with Gasteiger partial charge in [0.05, 0.1) is 12.9 Å². The lowest BCUT2D eigenvalue weighted by Crippen LogP contribution is -2.33. The van der Waals surface area contributed by atoms with Crippen molar-refractivity contribution >= 4 is 35.6 Å². The van der Waals surface area contributed by atoms with Gasteiger partial charge in [-0.1, -0.05) is 0 Å². The zero-order valence-corrected chi connectivity index (χ0v) is 13.6. The number of aromatic amines is 1. The van der Waals surface area contributed by atoms with Crippen LogP contribution in [0.2, 0.25) is 0 Å². The number of nitrogen functional groups attached to an aromatic ring is 1. The Hall–Kier alpha value is -1.44. The van der Waals surface area contributed by atoms with Crippen LogP contribution in [-0.2, 0) is 21.1 Å². The minimum Gasteiger partial charge on any atom is -0.387 e. The highest BCUT2D eigenvalue weighted by Gasteiger charge is 2.45. The van der Waals surface area contributed by atoms with Crippen LogP contribution in [0.3, 0.4) is 0 Å². The fourth-order valence-corrected chi connectivity index (χ4v) is 2.92. The van der Waals surface area contributed by atoms with E-state index < -0.39 is 43.4 Å². The third kappa shape index (κ3) is 3.20. The van der Waals surface area contributed by atoms with Gasteiger partial charge in [0.2, 0.25) is 5.95 Å². The number of imidazole rings is 1. The third-order valence-electron chi connectivity index (χ3n) is 3.47. The van der Waals surface area contributed by atoms with Crippen LogP contribution in [0, 0.1) is 0 Å². The monoisotopic (exact) mass is 379 g/mol. The zero-order chi connectivity index (χ0) is 17.6. The minimum absolute atomic E-state index is 0.0181. The van der Waals surface area contributed by atoms with Crippen LogP contribution < -0.4 is 11.3 Å². The normalized spacial score (nSPS) is 27.8. The molecule has 14 heteroatoms. The highest BCUT2D eigenvalue weighted by molar-refractivity contribution is 8.06. The molecule has 132 valence electrons. The second-order valence-electron chi connectivity index (χ2n) is 5.11. The van der Waals surface area contributed by atoms with Crippen molar-refractivity contribution in [3.8, 4) is 0 Å². The lowest BCUT2D eigenvalue weighted by Gasteiger charge is -2.17. The number of aliphatic hydroxyl groups excluding tert-OH is 2. The molecule has 1 aliphatic heterocycles. The molecular formula is C10H14N5O7PS. The largest absolute Gasteiger partial charge is 0.387 e. The Morgan fingerprint density at radius 3 is 2.83 bits per heavy atom. The molecule has 0 radical (unpaired) electrons. The summed E-state index contributed by atoms with van der Waals surface area (Å²) in [5.41, 5.74) is 4.97. The molecule has 12 nitrogen and oxygen atoms in total. The molecule has 1 aliphatic rings. The highest BCUT2D eigenvalue weighted by Crippen LogP contribution is 2.39. The number of anilines is 1. The van der Waals surface area contributed by atoms with Crippen molar-refractivity contribution in [3.63, 3.8) is 0 Å². The predicted molar refractivity (Wildman–Crippen MR) is 83.2 cm³/mol. The molecule has 24 heavy (non-hydrogen) atoms. The van der Waals surface area contributed by atoms with E-state index in [0.29, 0.717) is 0 Å². The topological polar surface area (TPSA) is 189 Å². The first-order chi connectivity index (χ1) is 11.2. The highest BCUT2D eigenvalue weighted by atomic mass is 32.5. The summed E-state index contributed by atoms with van der Waals surface area (Å²) in [5.74, 6) is -0.150. The van der Waals surface area contributed by atoms with Gasteiger partial charge in [0.25, 0.3) is 5.56 Å². The van der Waals surface area contributed by atoms with Gasteiger partial charge in [-0.05, 0) is 11.8 Å². The summed E-state index contributed by atoms with van der Waals surface area (Å²) in [4.78, 5) is 40.0. The number of nitrogens with zero attached hydrogens (tertiary/aromatic N) is 3. The average Bonchev–Trinajstić information content (AvgIpc) is 3.00. The van der Waals surface area contributed by atoms with Crippen LogP contribution in [0.25, 0.3) is 11.2 Å². The number of fused-ring (bicyclic) bond motifs is 1. The maximum Gasteiger partial charge on any atom is 0.321 e. The Bertz CT molecular complexity index is 865. The van der Waals surface area contributed by atoms with Crippen molar-refractivity contribution in [2.24, 2.45) is 0 Å². The summed E-state index contributed by atoms with van der Waals surface area (Å²) < 4.78 is 11.4. The molecule has 2 aromatic rings. The van der Waals surface area contributed by atoms with Crippen LogP contribution in [0.1, 0.15) is 6.23 Å². The van der Waals surface area contributed by atoms with Crippen molar-refractivity contribution in [2.45, 2.75) is 24.5 Å². The van der Waals surface area contributed by atoms with Gasteiger partial charge in [-0.3, -0.25) is 14.3 Å². The molecule has 0 aromatic carbocycles. The van der Waals surface area contributed by atoms with Crippen molar-refractivity contribution in [1.82, 2.24) is 19.5 Å². The van der Waals surface area contributed by atoms with Crippen molar-refractivity contribution in [1.29, 1.82) is 0 Å². The number of aromatic nitrogens is 4. The lowest BCUT2D eigenvalue weighted by atomic mass is 10.1. The first-order valence-corrected chi connectivity index (χ1v) is 9.24. The van der Waals surface area contributed by atoms with E-state index in [-0.39, 0.29) is 17.1 Å². The first kappa shape index (κ1) is 17.4. The number of H-pyrrole nitrogens is 1. The van der Waals surface area contributed by atoms with Gasteiger partial charge < -0.3 is 35.0 Å². The predicted octanol–water partition coefficient (Wildman–Crippen LogP) is -2.45. The van der Waals surface area contributed by atoms with E-state index in [2.05, 4.69) is 31.3 Å². The molecule has 0 saturated carbocycles. The fourth-order valence-electron chi connectivity index (χ4n) is 2.40. The van der Waals surface area contributed by atoms with Gasteiger partial charge in [-0.2, -0.15) is 4.98 Å². The lowest BCUT2D eigenvalue weighted by molar-refractivity contribution is -0.0486. The standard InChI is InChI=1S/C10H14N5O7PS/c11-10-13-7-4(8(18)14-10)12-2-15(7)9-6(17)5(16)3(22-9)1-21-23(19,20)24/h2-3,5-6,9,16-17H,1H2,(H2,19,20,24)(H3,11,13,14,18)/t3-,5+,6+,9-/m1/s1. The molecule has 0 bridgehead atoms. The molecule has 0 unspecified atom stereocenters. The van der Waals surface area contributed by atoms with Gasteiger partial charge in [0, 0.05) is 0 Å². The first-order valence-electron chi connectivity index (χ1n) is 6.61. The van der Waals surface area contributed by atoms with Crippen LogP contribution in [0.4, 0.5) is 5.95 Å². The summed E-state index contributed by atoms with van der Waals surface area (Å²) in [5, 5.41) is 20.2. The zero-order valence-electron chi connectivity index (χ0n) is 11.9. The molecule has 1 fully saturated rings. The van der Waals surface area contributed by atoms with E-state index >= 15 is 0 Å². The van der Waals surface area contributed by atoms with Gasteiger partial charge in [-0.25, -0.2) is 4.98 Å². The molecule has 7 N–H and O–H groups in total. The average molecular weight is 379 g/mol.